The molecule has 0 atom stereocenters. The lowest BCUT2D eigenvalue weighted by molar-refractivity contribution is 0.129. The molecule has 0 unspecified atom stereocenters. The van der Waals surface area contributed by atoms with Gasteiger partial charge in [0.15, 0.2) is 0 Å². The molecule has 0 amide bonds. The highest BCUT2D eigenvalue weighted by molar-refractivity contribution is 5.79. The molecule has 0 aromatic heterocycles. The Labute approximate surface area is 95.7 Å². The summed E-state index contributed by atoms with van der Waals surface area (Å²) in [5, 5.41) is 12.3. The number of rotatable bonds is 5. The summed E-state index contributed by atoms with van der Waals surface area (Å²) in [4.78, 5) is 5.10. The van der Waals surface area contributed by atoms with Gasteiger partial charge in [0, 0.05) is 6.42 Å². The number of hydrogen-bond donors (Lipinski definition) is 2. The lowest BCUT2D eigenvalue weighted by Gasteiger charge is -2.04. The summed E-state index contributed by atoms with van der Waals surface area (Å²) < 4.78 is 0. The van der Waals surface area contributed by atoms with Crippen molar-refractivity contribution >= 4 is 5.84 Å². The average molecular weight is 222 g/mol. The fourth-order valence-corrected chi connectivity index (χ4v) is 1.50. The van der Waals surface area contributed by atoms with Crippen molar-refractivity contribution in [2.24, 2.45) is 10.9 Å². The van der Waals surface area contributed by atoms with Crippen molar-refractivity contribution in [3.63, 3.8) is 0 Å². The Hall–Kier alpha value is -1.55. The van der Waals surface area contributed by atoms with Gasteiger partial charge in [-0.1, -0.05) is 34.5 Å². The van der Waals surface area contributed by atoms with E-state index in [-0.39, 0.29) is 6.61 Å². The van der Waals surface area contributed by atoms with Crippen LogP contribution in [0, 0.1) is 13.8 Å². The van der Waals surface area contributed by atoms with Gasteiger partial charge in [0.25, 0.3) is 0 Å². The highest BCUT2D eigenvalue weighted by atomic mass is 16.6. The predicted octanol–water partition coefficient (Wildman–Crippen LogP) is 1.47. The highest BCUT2D eigenvalue weighted by Crippen LogP contribution is 2.09. The van der Waals surface area contributed by atoms with Crippen molar-refractivity contribution in [3.05, 3.63) is 34.9 Å². The number of nitrogens with zero attached hydrogens (tertiary/aromatic N) is 1. The second kappa shape index (κ2) is 6.12. The van der Waals surface area contributed by atoms with Gasteiger partial charge >= 0.3 is 0 Å². The van der Waals surface area contributed by atoms with Crippen LogP contribution in [-0.2, 0) is 11.4 Å². The first-order chi connectivity index (χ1) is 7.61. The van der Waals surface area contributed by atoms with Gasteiger partial charge in [0.2, 0.25) is 0 Å². The third-order valence-corrected chi connectivity index (χ3v) is 2.06. The van der Waals surface area contributed by atoms with Crippen LogP contribution in [0.15, 0.2) is 23.4 Å². The molecular weight excluding hydrogens is 204 g/mol. The molecule has 0 aliphatic heterocycles. The van der Waals surface area contributed by atoms with E-state index in [1.807, 2.05) is 26.0 Å². The number of benzene rings is 1. The van der Waals surface area contributed by atoms with Crippen molar-refractivity contribution in [2.45, 2.75) is 26.9 Å². The second-order valence-corrected chi connectivity index (χ2v) is 3.83. The van der Waals surface area contributed by atoms with Gasteiger partial charge in [0.05, 0.1) is 6.61 Å². The maximum Gasteiger partial charge on any atom is 0.142 e. The Morgan fingerprint density at radius 1 is 1.31 bits per heavy atom. The monoisotopic (exact) mass is 222 g/mol. The first-order valence-corrected chi connectivity index (χ1v) is 5.24. The molecule has 1 aromatic carbocycles. The number of hydrogen-bond acceptors (Lipinski definition) is 3. The molecule has 4 nitrogen and oxygen atoms in total. The van der Waals surface area contributed by atoms with Gasteiger partial charge in [-0.3, -0.25) is 0 Å². The largest absolute Gasteiger partial charge is 0.396 e. The SMILES string of the molecule is Cc1cc(C)cc(CON=C(N)CCO)c1. The third kappa shape index (κ3) is 4.31. The maximum atomic E-state index is 8.61. The molecule has 4 heteroatoms. The van der Waals surface area contributed by atoms with Gasteiger partial charge < -0.3 is 15.7 Å². The number of aliphatic hydroxyl groups is 1. The van der Waals surface area contributed by atoms with E-state index in [1.54, 1.807) is 0 Å². The lowest BCUT2D eigenvalue weighted by Crippen LogP contribution is -2.13. The molecular formula is C12H18N2O2. The van der Waals surface area contributed by atoms with Gasteiger partial charge in [-0.05, 0) is 19.4 Å². The number of aryl methyl sites for hydroxylation is 2. The van der Waals surface area contributed by atoms with Crippen LogP contribution >= 0.6 is 0 Å². The first kappa shape index (κ1) is 12.5. The van der Waals surface area contributed by atoms with E-state index >= 15 is 0 Å². The van der Waals surface area contributed by atoms with Crippen LogP contribution in [-0.4, -0.2) is 17.5 Å². The highest BCUT2D eigenvalue weighted by Gasteiger charge is 1.97. The molecule has 0 saturated carbocycles. The molecule has 16 heavy (non-hydrogen) atoms. The van der Waals surface area contributed by atoms with Gasteiger partial charge in [-0.25, -0.2) is 0 Å². The van der Waals surface area contributed by atoms with Crippen molar-refractivity contribution in [1.82, 2.24) is 0 Å². The van der Waals surface area contributed by atoms with E-state index in [1.165, 1.54) is 11.1 Å². The summed E-state index contributed by atoms with van der Waals surface area (Å²) in [5.74, 6) is 0.312. The number of nitrogens with two attached hydrogens (primary N) is 1. The molecule has 0 aliphatic rings. The van der Waals surface area contributed by atoms with E-state index in [2.05, 4.69) is 11.2 Å². The summed E-state index contributed by atoms with van der Waals surface area (Å²) in [6.07, 6.45) is 0.340. The minimum atomic E-state index is -0.0117. The second-order valence-electron chi connectivity index (χ2n) is 3.83. The zero-order valence-corrected chi connectivity index (χ0v) is 9.73. The molecule has 88 valence electrons. The minimum absolute atomic E-state index is 0.0117. The smallest absolute Gasteiger partial charge is 0.142 e. The molecule has 0 radical (unpaired) electrons. The maximum absolute atomic E-state index is 8.61. The third-order valence-electron chi connectivity index (χ3n) is 2.06. The number of aliphatic hydroxyl groups excluding tert-OH is 1. The summed E-state index contributed by atoms with van der Waals surface area (Å²) in [5.41, 5.74) is 8.94. The van der Waals surface area contributed by atoms with Gasteiger partial charge in [0.1, 0.15) is 12.4 Å². The topological polar surface area (TPSA) is 67.8 Å². The summed E-state index contributed by atoms with van der Waals surface area (Å²) in [6.45, 7) is 4.47. The van der Waals surface area contributed by atoms with E-state index in [4.69, 9.17) is 15.7 Å². The average Bonchev–Trinajstić information content (AvgIpc) is 2.16. The fraction of sp³-hybridized carbons (Fsp3) is 0.417. The van der Waals surface area contributed by atoms with Crippen molar-refractivity contribution < 1.29 is 9.94 Å². The lowest BCUT2D eigenvalue weighted by atomic mass is 10.1. The fourth-order valence-electron chi connectivity index (χ4n) is 1.50. The molecule has 0 bridgehead atoms. The van der Waals surface area contributed by atoms with Gasteiger partial charge in [-0.15, -0.1) is 0 Å². The van der Waals surface area contributed by atoms with Crippen molar-refractivity contribution in [2.75, 3.05) is 6.61 Å². The van der Waals surface area contributed by atoms with E-state index in [0.717, 1.165) is 5.56 Å². The molecule has 0 aliphatic carbocycles. The van der Waals surface area contributed by atoms with E-state index in [0.29, 0.717) is 18.9 Å². The molecule has 0 heterocycles. The molecule has 0 spiro atoms. The molecule has 0 fully saturated rings. The Bertz CT molecular complexity index is 355. The molecule has 1 aromatic rings. The van der Waals surface area contributed by atoms with Crippen LogP contribution in [0.5, 0.6) is 0 Å². The first-order valence-electron chi connectivity index (χ1n) is 5.24. The number of oxime groups is 1. The quantitative estimate of drug-likeness (QED) is 0.450. The Kier molecular flexibility index (Phi) is 4.79. The van der Waals surface area contributed by atoms with Crippen LogP contribution in [0.3, 0.4) is 0 Å². The van der Waals surface area contributed by atoms with Crippen LogP contribution in [0.1, 0.15) is 23.1 Å². The normalized spacial score (nSPS) is 11.6. The Morgan fingerprint density at radius 3 is 2.50 bits per heavy atom. The summed E-state index contributed by atoms with van der Waals surface area (Å²) in [7, 11) is 0. The van der Waals surface area contributed by atoms with E-state index in [9.17, 15) is 0 Å². The Balaban J connectivity index is 2.51. The Morgan fingerprint density at radius 2 is 1.94 bits per heavy atom. The summed E-state index contributed by atoms with van der Waals surface area (Å²) >= 11 is 0. The molecule has 3 N–H and O–H groups in total. The van der Waals surface area contributed by atoms with Crippen LogP contribution in [0.4, 0.5) is 0 Å². The van der Waals surface area contributed by atoms with Gasteiger partial charge in [-0.2, -0.15) is 0 Å². The minimum Gasteiger partial charge on any atom is -0.396 e. The predicted molar refractivity (Wildman–Crippen MR) is 64.0 cm³/mol. The van der Waals surface area contributed by atoms with Crippen LogP contribution in [0.2, 0.25) is 0 Å². The zero-order valence-electron chi connectivity index (χ0n) is 9.73. The standard InChI is InChI=1S/C12H18N2O2/c1-9-5-10(2)7-11(6-9)8-16-14-12(13)3-4-15/h5-7,15H,3-4,8H2,1-2H3,(H2,13,14). The molecule has 0 saturated heterocycles. The zero-order chi connectivity index (χ0) is 12.0. The van der Waals surface area contributed by atoms with Crippen molar-refractivity contribution in [3.8, 4) is 0 Å². The van der Waals surface area contributed by atoms with Crippen LogP contribution in [0.25, 0.3) is 0 Å². The van der Waals surface area contributed by atoms with Crippen molar-refractivity contribution in [1.29, 1.82) is 0 Å². The number of amidine groups is 1. The van der Waals surface area contributed by atoms with E-state index < -0.39 is 0 Å². The molecule has 1 rings (SSSR count). The van der Waals surface area contributed by atoms with Crippen LogP contribution < -0.4 is 5.73 Å². The summed E-state index contributed by atoms with van der Waals surface area (Å²) in [6, 6.07) is 6.20.